The molecule has 1 atom stereocenters. The molecule has 0 bridgehead atoms. The van der Waals surface area contributed by atoms with Crippen molar-refractivity contribution in [3.05, 3.63) is 12.3 Å². The molecule has 0 fully saturated rings. The molecule has 0 aliphatic heterocycles. The molecule has 2 nitrogen and oxygen atoms in total. The van der Waals surface area contributed by atoms with Gasteiger partial charge in [-0.3, -0.25) is 0 Å². The SMILES string of the molecule is C=C[Si](C)(OCCCCCC)OCCCCCCCCCC. The van der Waals surface area contributed by atoms with Gasteiger partial charge in [-0.25, -0.2) is 0 Å². The van der Waals surface area contributed by atoms with Gasteiger partial charge in [0.15, 0.2) is 0 Å². The molecule has 0 saturated heterocycles. The summed E-state index contributed by atoms with van der Waals surface area (Å²) in [5, 5.41) is 0. The van der Waals surface area contributed by atoms with Crippen molar-refractivity contribution < 1.29 is 8.85 Å². The summed E-state index contributed by atoms with van der Waals surface area (Å²) in [5.74, 6) is 0. The molecule has 0 saturated carbocycles. The van der Waals surface area contributed by atoms with E-state index in [4.69, 9.17) is 8.85 Å². The van der Waals surface area contributed by atoms with E-state index in [2.05, 4.69) is 27.0 Å². The zero-order chi connectivity index (χ0) is 16.5. The molecule has 0 aliphatic rings. The summed E-state index contributed by atoms with van der Waals surface area (Å²) in [6, 6.07) is 0. The van der Waals surface area contributed by atoms with Crippen LogP contribution in [0.5, 0.6) is 0 Å². The lowest BCUT2D eigenvalue weighted by Gasteiger charge is -2.23. The Bertz CT molecular complexity index is 246. The Labute approximate surface area is 140 Å². The van der Waals surface area contributed by atoms with Gasteiger partial charge in [0.25, 0.3) is 0 Å². The topological polar surface area (TPSA) is 18.5 Å². The van der Waals surface area contributed by atoms with Gasteiger partial charge < -0.3 is 8.85 Å². The molecule has 0 radical (unpaired) electrons. The summed E-state index contributed by atoms with van der Waals surface area (Å²) in [5.41, 5.74) is 1.93. The molecule has 0 aromatic rings. The van der Waals surface area contributed by atoms with Gasteiger partial charge in [-0.1, -0.05) is 78.1 Å². The van der Waals surface area contributed by atoms with Crippen LogP contribution in [0.4, 0.5) is 0 Å². The Kier molecular flexibility index (Phi) is 15.7. The van der Waals surface area contributed by atoms with Crippen LogP contribution in [0.25, 0.3) is 0 Å². The zero-order valence-electron chi connectivity index (χ0n) is 15.5. The summed E-state index contributed by atoms with van der Waals surface area (Å²) >= 11 is 0. The minimum Gasteiger partial charge on any atom is -0.391 e. The summed E-state index contributed by atoms with van der Waals surface area (Å²) in [7, 11) is -2.11. The van der Waals surface area contributed by atoms with Crippen molar-refractivity contribution in [2.24, 2.45) is 0 Å². The Morgan fingerprint density at radius 1 is 0.682 bits per heavy atom. The Morgan fingerprint density at radius 3 is 1.45 bits per heavy atom. The Morgan fingerprint density at radius 2 is 1.05 bits per heavy atom. The van der Waals surface area contributed by atoms with Crippen LogP contribution in [0.3, 0.4) is 0 Å². The van der Waals surface area contributed by atoms with Crippen LogP contribution >= 0.6 is 0 Å². The van der Waals surface area contributed by atoms with Crippen molar-refractivity contribution in [3.8, 4) is 0 Å². The van der Waals surface area contributed by atoms with Crippen LogP contribution in [-0.4, -0.2) is 21.8 Å². The molecule has 0 aromatic heterocycles. The highest BCUT2D eigenvalue weighted by Gasteiger charge is 2.26. The molecule has 22 heavy (non-hydrogen) atoms. The van der Waals surface area contributed by atoms with Gasteiger partial charge in [-0.2, -0.15) is 0 Å². The molecule has 0 spiro atoms. The fourth-order valence-corrected chi connectivity index (χ4v) is 3.89. The third-order valence-electron chi connectivity index (χ3n) is 4.14. The third kappa shape index (κ3) is 13.5. The van der Waals surface area contributed by atoms with Crippen LogP contribution in [0, 0.1) is 0 Å². The van der Waals surface area contributed by atoms with E-state index in [1.54, 1.807) is 0 Å². The lowest BCUT2D eigenvalue weighted by Crippen LogP contribution is -2.37. The predicted octanol–water partition coefficient (Wildman–Crippen LogP) is 6.54. The predicted molar refractivity (Wildman–Crippen MR) is 100 cm³/mol. The maximum Gasteiger partial charge on any atom is 0.361 e. The molecule has 1 unspecified atom stereocenters. The fraction of sp³-hybridized carbons (Fsp3) is 0.895. The summed E-state index contributed by atoms with van der Waals surface area (Å²) < 4.78 is 12.0. The first-order chi connectivity index (χ1) is 10.7. The van der Waals surface area contributed by atoms with Gasteiger partial charge in [0.1, 0.15) is 0 Å². The quantitative estimate of drug-likeness (QED) is 0.223. The second kappa shape index (κ2) is 15.8. The summed E-state index contributed by atoms with van der Waals surface area (Å²) in [6.07, 6.45) is 15.7. The van der Waals surface area contributed by atoms with E-state index in [0.29, 0.717) is 0 Å². The normalized spacial score (nSPS) is 14.0. The fourth-order valence-electron chi connectivity index (χ4n) is 2.47. The van der Waals surface area contributed by atoms with Gasteiger partial charge in [0.05, 0.1) is 0 Å². The van der Waals surface area contributed by atoms with Gasteiger partial charge in [0.2, 0.25) is 0 Å². The second-order valence-electron chi connectivity index (χ2n) is 6.45. The number of hydrogen-bond donors (Lipinski definition) is 0. The molecular weight excluding hydrogens is 288 g/mol. The van der Waals surface area contributed by atoms with Crippen LogP contribution in [0.2, 0.25) is 6.55 Å². The second-order valence-corrected chi connectivity index (χ2v) is 9.47. The number of hydrogen-bond acceptors (Lipinski definition) is 2. The van der Waals surface area contributed by atoms with Gasteiger partial charge in [-0.05, 0) is 25.1 Å². The van der Waals surface area contributed by atoms with E-state index < -0.39 is 8.56 Å². The van der Waals surface area contributed by atoms with Gasteiger partial charge in [-0.15, -0.1) is 6.58 Å². The van der Waals surface area contributed by atoms with Gasteiger partial charge >= 0.3 is 8.56 Å². The molecule has 0 aliphatic carbocycles. The van der Waals surface area contributed by atoms with E-state index in [9.17, 15) is 0 Å². The van der Waals surface area contributed by atoms with E-state index in [0.717, 1.165) is 26.1 Å². The monoisotopic (exact) mass is 328 g/mol. The molecule has 132 valence electrons. The van der Waals surface area contributed by atoms with Crippen LogP contribution < -0.4 is 0 Å². The summed E-state index contributed by atoms with van der Waals surface area (Å²) in [4.78, 5) is 0. The lowest BCUT2D eigenvalue weighted by atomic mass is 10.1. The van der Waals surface area contributed by atoms with Crippen LogP contribution in [0.15, 0.2) is 12.3 Å². The molecule has 0 N–H and O–H groups in total. The van der Waals surface area contributed by atoms with Crippen molar-refractivity contribution in [3.63, 3.8) is 0 Å². The first-order valence-electron chi connectivity index (χ1n) is 9.60. The highest BCUT2D eigenvalue weighted by Crippen LogP contribution is 2.13. The molecule has 3 heteroatoms. The van der Waals surface area contributed by atoms with Crippen molar-refractivity contribution in [1.29, 1.82) is 0 Å². The Hall–Kier alpha value is -0.123. The smallest absolute Gasteiger partial charge is 0.361 e. The van der Waals surface area contributed by atoms with Crippen molar-refractivity contribution in [1.82, 2.24) is 0 Å². The van der Waals surface area contributed by atoms with E-state index >= 15 is 0 Å². The first-order valence-corrected chi connectivity index (χ1v) is 12.0. The van der Waals surface area contributed by atoms with E-state index in [1.807, 2.05) is 5.70 Å². The molecule has 0 aromatic carbocycles. The summed E-state index contributed by atoms with van der Waals surface area (Å²) in [6.45, 7) is 12.2. The lowest BCUT2D eigenvalue weighted by molar-refractivity contribution is 0.177. The van der Waals surface area contributed by atoms with Crippen molar-refractivity contribution in [2.45, 2.75) is 97.4 Å². The van der Waals surface area contributed by atoms with Crippen LogP contribution in [0.1, 0.15) is 90.9 Å². The number of rotatable bonds is 17. The standard InChI is InChI=1S/C19H40O2Si/c1-5-8-10-12-13-14-15-17-19-21-22(4,7-3)20-18-16-11-9-6-2/h7H,3,5-6,8-19H2,1-2,4H3. The van der Waals surface area contributed by atoms with Gasteiger partial charge in [0, 0.05) is 13.2 Å². The third-order valence-corrected chi connectivity index (χ3v) is 6.44. The Balaban J connectivity index is 3.52. The zero-order valence-corrected chi connectivity index (χ0v) is 16.5. The van der Waals surface area contributed by atoms with E-state index in [1.165, 1.54) is 64.2 Å². The highest BCUT2D eigenvalue weighted by atomic mass is 28.4. The molecular formula is C19H40O2Si. The minimum atomic E-state index is -2.11. The minimum absolute atomic E-state index is 0.826. The largest absolute Gasteiger partial charge is 0.391 e. The average Bonchev–Trinajstić information content (AvgIpc) is 2.53. The first kappa shape index (κ1) is 21.9. The van der Waals surface area contributed by atoms with Crippen molar-refractivity contribution >= 4 is 8.56 Å². The average molecular weight is 329 g/mol. The maximum absolute atomic E-state index is 6.03. The molecule has 0 heterocycles. The van der Waals surface area contributed by atoms with Crippen molar-refractivity contribution in [2.75, 3.05) is 13.2 Å². The molecule has 0 amide bonds. The van der Waals surface area contributed by atoms with Crippen LogP contribution in [-0.2, 0) is 8.85 Å². The highest BCUT2D eigenvalue weighted by molar-refractivity contribution is 6.71. The maximum atomic E-state index is 6.03. The number of unbranched alkanes of at least 4 members (excludes halogenated alkanes) is 10. The van der Waals surface area contributed by atoms with E-state index in [-0.39, 0.29) is 0 Å². The molecule has 0 rings (SSSR count).